The number of fused-ring (bicyclic) bond motifs is 1. The van der Waals surface area contributed by atoms with E-state index in [4.69, 9.17) is 13.9 Å². The summed E-state index contributed by atoms with van der Waals surface area (Å²) in [6, 6.07) is 26.5. The van der Waals surface area contributed by atoms with Gasteiger partial charge in [0.1, 0.15) is 28.0 Å². The second kappa shape index (κ2) is 16.6. The molecule has 2 aromatic heterocycles. The molecule has 1 unspecified atom stereocenters. The Kier molecular flexibility index (Phi) is 11.6. The first-order chi connectivity index (χ1) is 25.2. The topological polar surface area (TPSA) is 136 Å². The van der Waals surface area contributed by atoms with Crippen LogP contribution in [-0.2, 0) is 27.2 Å². The van der Waals surface area contributed by atoms with Gasteiger partial charge in [-0.05, 0) is 98.8 Å². The van der Waals surface area contributed by atoms with Crippen LogP contribution in [0.2, 0.25) is 0 Å². The van der Waals surface area contributed by atoms with Gasteiger partial charge in [0.2, 0.25) is 5.91 Å². The van der Waals surface area contributed by atoms with Gasteiger partial charge in [0.05, 0.1) is 30.6 Å². The van der Waals surface area contributed by atoms with Crippen LogP contribution in [0.1, 0.15) is 56.7 Å². The van der Waals surface area contributed by atoms with E-state index in [0.717, 1.165) is 46.6 Å². The molecule has 266 valence electrons. The molecule has 0 spiro atoms. The third-order valence-corrected chi connectivity index (χ3v) is 10.7. The summed E-state index contributed by atoms with van der Waals surface area (Å²) in [5.74, 6) is -0.180. The summed E-state index contributed by atoms with van der Waals surface area (Å²) in [4.78, 5) is 54.5. The van der Waals surface area contributed by atoms with Gasteiger partial charge in [-0.2, -0.15) is 0 Å². The third kappa shape index (κ3) is 8.47. The first kappa shape index (κ1) is 36.2. The molecule has 1 atom stereocenters. The highest BCUT2D eigenvalue weighted by Crippen LogP contribution is 2.39. The number of carbonyl (C=O) groups is 4. The molecule has 3 N–H and O–H groups in total. The zero-order valence-corrected chi connectivity index (χ0v) is 30.5. The Bertz CT molecular complexity index is 2120. The maximum atomic E-state index is 13.6. The lowest BCUT2D eigenvalue weighted by atomic mass is 9.95. The van der Waals surface area contributed by atoms with Gasteiger partial charge in [-0.3, -0.25) is 14.4 Å². The fraction of sp³-hybridized carbons (Fsp3) is 0.200. The van der Waals surface area contributed by atoms with Crippen molar-refractivity contribution in [3.63, 3.8) is 0 Å². The summed E-state index contributed by atoms with van der Waals surface area (Å²) in [5, 5.41) is 8.57. The summed E-state index contributed by atoms with van der Waals surface area (Å²) in [7, 11) is 2.93. The number of rotatable bonds is 12. The number of carbonyl (C=O) groups excluding carboxylic acids is 4. The number of hydrogen-bond donors (Lipinski definition) is 3. The van der Waals surface area contributed by atoms with Crippen molar-refractivity contribution in [2.24, 2.45) is 0 Å². The van der Waals surface area contributed by atoms with Crippen molar-refractivity contribution in [1.82, 2.24) is 5.32 Å². The van der Waals surface area contributed by atoms with Crippen LogP contribution >= 0.6 is 23.1 Å². The van der Waals surface area contributed by atoms with E-state index in [1.165, 1.54) is 36.3 Å². The molecule has 0 saturated carbocycles. The Morgan fingerprint density at radius 3 is 2.35 bits per heavy atom. The van der Waals surface area contributed by atoms with Gasteiger partial charge in [-0.25, -0.2) is 4.79 Å². The van der Waals surface area contributed by atoms with E-state index >= 15 is 0 Å². The van der Waals surface area contributed by atoms with Gasteiger partial charge in [-0.1, -0.05) is 30.3 Å². The molecule has 52 heavy (non-hydrogen) atoms. The second-order valence-corrected chi connectivity index (χ2v) is 14.4. The highest BCUT2D eigenvalue weighted by Gasteiger charge is 2.28. The van der Waals surface area contributed by atoms with Crippen LogP contribution in [0.25, 0.3) is 17.4 Å². The smallest absolute Gasteiger partial charge is 0.341 e. The molecule has 5 aromatic rings. The number of thioether (sulfide) groups is 1. The summed E-state index contributed by atoms with van der Waals surface area (Å²) in [6.45, 7) is 1.79. The number of furan rings is 1. The van der Waals surface area contributed by atoms with Crippen LogP contribution in [0, 0.1) is 0 Å². The zero-order chi connectivity index (χ0) is 36.6. The first-order valence-corrected chi connectivity index (χ1v) is 18.4. The summed E-state index contributed by atoms with van der Waals surface area (Å²) in [5.41, 5.74) is 3.02. The van der Waals surface area contributed by atoms with Crippen molar-refractivity contribution in [3.8, 4) is 17.1 Å². The number of thiophene rings is 1. The standard InChI is InChI=1S/C40H37N3O7S2/c1-24(36(44)43-39-35(40(47)49-3)30-14-8-10-16-34(30)52-39)51-28-20-17-26(18-21-28)41-38(46)31(42-37(45)25-11-5-4-6-12-25)23-27-19-22-33(50-27)29-13-7-9-15-32(29)48-2/h4-7,9,11-13,15,17-24H,8,10,14,16H2,1-3H3,(H,41,46)(H,42,45)(H,43,44)/b31-23+. The third-order valence-electron chi connectivity index (χ3n) is 8.41. The molecular weight excluding hydrogens is 699 g/mol. The predicted octanol–water partition coefficient (Wildman–Crippen LogP) is 8.21. The minimum absolute atomic E-state index is 0.0277. The lowest BCUT2D eigenvalue weighted by molar-refractivity contribution is -0.115. The Balaban J connectivity index is 1.15. The molecule has 0 bridgehead atoms. The molecule has 0 radical (unpaired) electrons. The van der Waals surface area contributed by atoms with E-state index in [9.17, 15) is 19.2 Å². The number of aryl methyl sites for hydroxylation is 1. The van der Waals surface area contributed by atoms with Crippen LogP contribution < -0.4 is 20.7 Å². The summed E-state index contributed by atoms with van der Waals surface area (Å²) < 4.78 is 16.5. The molecule has 0 saturated heterocycles. The number of benzene rings is 3. The van der Waals surface area contributed by atoms with Crippen LogP contribution in [0.4, 0.5) is 10.7 Å². The molecule has 6 rings (SSSR count). The Labute approximate surface area is 309 Å². The Morgan fingerprint density at radius 2 is 1.60 bits per heavy atom. The van der Waals surface area contributed by atoms with Crippen molar-refractivity contribution in [3.05, 3.63) is 124 Å². The van der Waals surface area contributed by atoms with E-state index in [-0.39, 0.29) is 11.6 Å². The SMILES string of the molecule is COC(=O)c1c(NC(=O)C(C)Sc2ccc(NC(=O)/C(=C\c3ccc(-c4ccccc4OC)o3)NC(=O)c3ccccc3)cc2)sc2c1CCCC2. The summed E-state index contributed by atoms with van der Waals surface area (Å²) in [6.07, 6.45) is 5.20. The normalized spacial score (nSPS) is 13.0. The average molecular weight is 736 g/mol. The number of anilines is 2. The van der Waals surface area contributed by atoms with Gasteiger partial charge in [-0.15, -0.1) is 23.1 Å². The number of ether oxygens (including phenoxy) is 2. The summed E-state index contributed by atoms with van der Waals surface area (Å²) >= 11 is 2.79. The van der Waals surface area contributed by atoms with E-state index in [0.29, 0.717) is 39.1 Å². The molecular formula is C40H37N3O7S2. The number of amides is 3. The van der Waals surface area contributed by atoms with Crippen LogP contribution in [0.5, 0.6) is 5.75 Å². The second-order valence-electron chi connectivity index (χ2n) is 11.9. The van der Waals surface area contributed by atoms with Crippen LogP contribution in [-0.4, -0.2) is 43.2 Å². The van der Waals surface area contributed by atoms with Crippen molar-refractivity contribution < 1.29 is 33.1 Å². The molecule has 0 fully saturated rings. The molecule has 10 nitrogen and oxygen atoms in total. The van der Waals surface area contributed by atoms with Crippen LogP contribution in [0.3, 0.4) is 0 Å². The highest BCUT2D eigenvalue weighted by atomic mass is 32.2. The molecule has 2 heterocycles. The van der Waals surface area contributed by atoms with Gasteiger partial charge in [0, 0.05) is 27.1 Å². The van der Waals surface area contributed by atoms with Crippen LogP contribution in [0.15, 0.2) is 106 Å². The van der Waals surface area contributed by atoms with Gasteiger partial charge < -0.3 is 29.8 Å². The van der Waals surface area contributed by atoms with E-state index in [2.05, 4.69) is 16.0 Å². The maximum absolute atomic E-state index is 13.6. The predicted molar refractivity (Wildman–Crippen MR) is 204 cm³/mol. The molecule has 12 heteroatoms. The highest BCUT2D eigenvalue weighted by molar-refractivity contribution is 8.00. The zero-order valence-electron chi connectivity index (χ0n) is 28.8. The van der Waals surface area contributed by atoms with Crippen molar-refractivity contribution in [1.29, 1.82) is 0 Å². The quantitative estimate of drug-likeness (QED) is 0.0663. The number of para-hydroxylation sites is 1. The first-order valence-electron chi connectivity index (χ1n) is 16.7. The minimum atomic E-state index is -0.562. The molecule has 3 aromatic carbocycles. The van der Waals surface area contributed by atoms with Gasteiger partial charge in [0.25, 0.3) is 11.8 Å². The Hall–Kier alpha value is -5.59. The number of esters is 1. The van der Waals surface area contributed by atoms with E-state index in [1.807, 2.05) is 24.3 Å². The largest absolute Gasteiger partial charge is 0.496 e. The van der Waals surface area contributed by atoms with Crippen molar-refractivity contribution in [2.45, 2.75) is 42.8 Å². The molecule has 1 aliphatic carbocycles. The van der Waals surface area contributed by atoms with E-state index < -0.39 is 23.0 Å². The minimum Gasteiger partial charge on any atom is -0.496 e. The maximum Gasteiger partial charge on any atom is 0.341 e. The fourth-order valence-corrected chi connectivity index (χ4v) is 7.91. The Morgan fingerprint density at radius 1 is 0.865 bits per heavy atom. The number of methoxy groups -OCH3 is 2. The average Bonchev–Trinajstić information content (AvgIpc) is 3.79. The monoisotopic (exact) mass is 735 g/mol. The number of hydrogen-bond acceptors (Lipinski definition) is 9. The van der Waals surface area contributed by atoms with Crippen molar-refractivity contribution in [2.75, 3.05) is 24.9 Å². The van der Waals surface area contributed by atoms with E-state index in [1.54, 1.807) is 80.8 Å². The molecule has 0 aliphatic heterocycles. The fourth-order valence-electron chi connectivity index (χ4n) is 5.77. The molecule has 3 amide bonds. The number of nitrogens with one attached hydrogen (secondary N) is 3. The lowest BCUT2D eigenvalue weighted by Gasteiger charge is -2.14. The lowest BCUT2D eigenvalue weighted by Crippen LogP contribution is -2.30. The van der Waals surface area contributed by atoms with Gasteiger partial charge in [0.15, 0.2) is 0 Å². The molecule has 1 aliphatic rings. The van der Waals surface area contributed by atoms with Gasteiger partial charge >= 0.3 is 5.97 Å². The van der Waals surface area contributed by atoms with Crippen molar-refractivity contribution >= 4 is 63.6 Å².